The molecule has 0 radical (unpaired) electrons. The van der Waals surface area contributed by atoms with Gasteiger partial charge in [0.25, 0.3) is 10.0 Å². The van der Waals surface area contributed by atoms with Gasteiger partial charge in [0.2, 0.25) is 0 Å². The lowest BCUT2D eigenvalue weighted by Gasteiger charge is -2.42. The molecule has 4 rings (SSSR count). The number of benzene rings is 2. The zero-order valence-corrected chi connectivity index (χ0v) is 16.0. The van der Waals surface area contributed by atoms with E-state index in [4.69, 9.17) is 0 Å². The highest BCUT2D eigenvalue weighted by Gasteiger charge is 2.46. The van der Waals surface area contributed by atoms with Crippen LogP contribution in [0.5, 0.6) is 0 Å². The van der Waals surface area contributed by atoms with Crippen LogP contribution < -0.4 is 0 Å². The molecule has 0 spiro atoms. The summed E-state index contributed by atoms with van der Waals surface area (Å²) in [4.78, 5) is 15.0. The maximum absolute atomic E-state index is 13.3. The zero-order chi connectivity index (χ0) is 19.0. The number of sulfonamides is 1. The standard InChI is InChI=1S/C21H22N2O3S/c1-16-10-12-19(13-11-16)27(25,26)23-20-9-5-8-18(20)15-22(21(23)24)14-17-6-3-2-4-7-17/h2-7,9-13,18,20H,8,14-15H2,1H3/t18-,20-/m0/s1. The first-order valence-electron chi connectivity index (χ1n) is 9.07. The number of carbonyl (C=O) groups excluding carboxylic acids is 1. The van der Waals surface area contributed by atoms with Gasteiger partial charge in [-0.2, -0.15) is 0 Å². The summed E-state index contributed by atoms with van der Waals surface area (Å²) in [5, 5.41) is 0. The molecule has 5 nitrogen and oxygen atoms in total. The summed E-state index contributed by atoms with van der Waals surface area (Å²) in [6.45, 7) is 2.87. The van der Waals surface area contributed by atoms with Gasteiger partial charge in [-0.05, 0) is 31.0 Å². The van der Waals surface area contributed by atoms with E-state index in [9.17, 15) is 13.2 Å². The van der Waals surface area contributed by atoms with Gasteiger partial charge in [-0.3, -0.25) is 0 Å². The van der Waals surface area contributed by atoms with Crippen LogP contribution in [-0.2, 0) is 16.6 Å². The quantitative estimate of drug-likeness (QED) is 0.760. The maximum atomic E-state index is 13.3. The molecule has 2 aromatic rings. The molecule has 1 heterocycles. The summed E-state index contributed by atoms with van der Waals surface area (Å²) < 4.78 is 27.7. The van der Waals surface area contributed by atoms with Crippen LogP contribution in [-0.4, -0.2) is 36.2 Å². The molecule has 2 aliphatic rings. The van der Waals surface area contributed by atoms with Gasteiger partial charge in [-0.25, -0.2) is 17.5 Å². The Kier molecular flexibility index (Phi) is 4.52. The lowest BCUT2D eigenvalue weighted by molar-refractivity contribution is 0.119. The van der Waals surface area contributed by atoms with Gasteiger partial charge >= 0.3 is 6.03 Å². The first-order valence-corrected chi connectivity index (χ1v) is 10.5. The van der Waals surface area contributed by atoms with Crippen molar-refractivity contribution in [3.63, 3.8) is 0 Å². The van der Waals surface area contributed by atoms with Gasteiger partial charge < -0.3 is 4.90 Å². The molecule has 27 heavy (non-hydrogen) atoms. The minimum Gasteiger partial charge on any atom is -0.319 e. The average Bonchev–Trinajstić information content (AvgIpc) is 3.11. The number of carbonyl (C=O) groups is 1. The Morgan fingerprint density at radius 1 is 1.04 bits per heavy atom. The van der Waals surface area contributed by atoms with Crippen molar-refractivity contribution in [3.05, 3.63) is 77.9 Å². The number of amides is 2. The zero-order valence-electron chi connectivity index (χ0n) is 15.2. The van der Waals surface area contributed by atoms with E-state index in [0.29, 0.717) is 13.1 Å². The van der Waals surface area contributed by atoms with Crippen molar-refractivity contribution in [1.82, 2.24) is 9.21 Å². The van der Waals surface area contributed by atoms with Gasteiger partial charge in [0, 0.05) is 19.0 Å². The SMILES string of the molecule is Cc1ccc(S(=O)(=O)N2C(=O)N(Cc3ccccc3)C[C@@H]3CC=C[C@@H]32)cc1. The number of allylic oxidation sites excluding steroid dienone is 1. The third-order valence-electron chi connectivity index (χ3n) is 5.23. The van der Waals surface area contributed by atoms with E-state index in [0.717, 1.165) is 21.9 Å². The van der Waals surface area contributed by atoms with E-state index >= 15 is 0 Å². The number of urea groups is 1. The van der Waals surface area contributed by atoms with E-state index in [1.807, 2.05) is 49.4 Å². The Morgan fingerprint density at radius 2 is 1.74 bits per heavy atom. The number of hydrogen-bond acceptors (Lipinski definition) is 3. The molecule has 1 saturated heterocycles. The summed E-state index contributed by atoms with van der Waals surface area (Å²) in [5.41, 5.74) is 1.96. The van der Waals surface area contributed by atoms with E-state index in [1.54, 1.807) is 29.2 Å². The molecule has 1 aliphatic heterocycles. The minimum absolute atomic E-state index is 0.0895. The van der Waals surface area contributed by atoms with Gasteiger partial charge in [-0.1, -0.05) is 60.2 Å². The van der Waals surface area contributed by atoms with Crippen molar-refractivity contribution in [2.45, 2.75) is 30.8 Å². The highest BCUT2D eigenvalue weighted by molar-refractivity contribution is 7.89. The largest absolute Gasteiger partial charge is 0.334 e. The van der Waals surface area contributed by atoms with Gasteiger partial charge in [0.15, 0.2) is 0 Å². The summed E-state index contributed by atoms with van der Waals surface area (Å²) in [6, 6.07) is 15.5. The predicted molar refractivity (Wildman–Crippen MR) is 103 cm³/mol. The van der Waals surface area contributed by atoms with Gasteiger partial charge in [0.05, 0.1) is 10.9 Å². The Morgan fingerprint density at radius 3 is 2.44 bits per heavy atom. The maximum Gasteiger partial charge on any atom is 0.334 e. The molecule has 0 aromatic heterocycles. The van der Waals surface area contributed by atoms with Crippen LogP contribution in [0.2, 0.25) is 0 Å². The van der Waals surface area contributed by atoms with Crippen molar-refractivity contribution >= 4 is 16.1 Å². The van der Waals surface area contributed by atoms with Crippen molar-refractivity contribution in [3.8, 4) is 0 Å². The molecular weight excluding hydrogens is 360 g/mol. The molecule has 140 valence electrons. The molecule has 6 heteroatoms. The lowest BCUT2D eigenvalue weighted by Crippen LogP contribution is -2.58. The third-order valence-corrected chi connectivity index (χ3v) is 7.02. The molecule has 2 aromatic carbocycles. The first-order chi connectivity index (χ1) is 13.0. The van der Waals surface area contributed by atoms with E-state index < -0.39 is 22.1 Å². The fourth-order valence-corrected chi connectivity index (χ4v) is 5.38. The van der Waals surface area contributed by atoms with Crippen molar-refractivity contribution in [1.29, 1.82) is 0 Å². The summed E-state index contributed by atoms with van der Waals surface area (Å²) in [5.74, 6) is 0.0895. The summed E-state index contributed by atoms with van der Waals surface area (Å²) in [6.07, 6.45) is 4.61. The molecule has 0 unspecified atom stereocenters. The summed E-state index contributed by atoms with van der Waals surface area (Å²) >= 11 is 0. The topological polar surface area (TPSA) is 57.7 Å². The third kappa shape index (κ3) is 3.25. The smallest absolute Gasteiger partial charge is 0.319 e. The van der Waals surface area contributed by atoms with E-state index in [-0.39, 0.29) is 10.8 Å². The van der Waals surface area contributed by atoms with Crippen molar-refractivity contribution < 1.29 is 13.2 Å². The molecule has 1 fully saturated rings. The number of hydrogen-bond donors (Lipinski definition) is 0. The fourth-order valence-electron chi connectivity index (χ4n) is 3.79. The molecule has 0 bridgehead atoms. The highest BCUT2D eigenvalue weighted by Crippen LogP contribution is 2.35. The highest BCUT2D eigenvalue weighted by atomic mass is 32.2. The minimum atomic E-state index is -3.92. The second-order valence-corrected chi connectivity index (χ2v) is 8.99. The molecule has 0 saturated carbocycles. The van der Waals surface area contributed by atoms with Crippen molar-refractivity contribution in [2.24, 2.45) is 5.92 Å². The van der Waals surface area contributed by atoms with Gasteiger partial charge in [0.1, 0.15) is 0 Å². The predicted octanol–water partition coefficient (Wildman–Crippen LogP) is 3.57. The Hall–Kier alpha value is -2.60. The van der Waals surface area contributed by atoms with Crippen LogP contribution in [0.25, 0.3) is 0 Å². The molecule has 2 atom stereocenters. The molecule has 2 amide bonds. The lowest BCUT2D eigenvalue weighted by atomic mass is 9.99. The Balaban J connectivity index is 1.69. The van der Waals surface area contributed by atoms with Crippen LogP contribution >= 0.6 is 0 Å². The van der Waals surface area contributed by atoms with Crippen LogP contribution in [0, 0.1) is 12.8 Å². The summed E-state index contributed by atoms with van der Waals surface area (Å²) in [7, 11) is -3.92. The molecular formula is C21H22N2O3S. The number of aryl methyl sites for hydroxylation is 1. The van der Waals surface area contributed by atoms with Crippen LogP contribution in [0.15, 0.2) is 71.6 Å². The second kappa shape index (κ2) is 6.85. The first kappa shape index (κ1) is 17.8. The Labute approximate surface area is 160 Å². The van der Waals surface area contributed by atoms with E-state index in [1.165, 1.54) is 0 Å². The Bertz CT molecular complexity index is 968. The van der Waals surface area contributed by atoms with E-state index in [2.05, 4.69) is 0 Å². The average molecular weight is 382 g/mol. The molecule has 0 N–H and O–H groups in total. The van der Waals surface area contributed by atoms with Crippen LogP contribution in [0.1, 0.15) is 17.5 Å². The normalized spacial score (nSPS) is 22.2. The van der Waals surface area contributed by atoms with Crippen molar-refractivity contribution in [2.75, 3.05) is 6.54 Å². The number of rotatable bonds is 4. The monoisotopic (exact) mass is 382 g/mol. The van der Waals surface area contributed by atoms with Gasteiger partial charge in [-0.15, -0.1) is 0 Å². The fraction of sp³-hybridized carbons (Fsp3) is 0.286. The molecule has 1 aliphatic carbocycles. The second-order valence-electron chi connectivity index (χ2n) is 7.18. The number of fused-ring (bicyclic) bond motifs is 1. The van der Waals surface area contributed by atoms with Crippen LogP contribution in [0.4, 0.5) is 4.79 Å². The van der Waals surface area contributed by atoms with Crippen LogP contribution in [0.3, 0.4) is 0 Å². The number of nitrogens with zero attached hydrogens (tertiary/aromatic N) is 2.